The van der Waals surface area contributed by atoms with E-state index in [1.165, 1.54) is 6.08 Å². The molecule has 0 saturated carbocycles. The highest BCUT2D eigenvalue weighted by Crippen LogP contribution is 2.27. The van der Waals surface area contributed by atoms with Crippen LogP contribution >= 0.6 is 0 Å². The molecule has 0 N–H and O–H groups in total. The predicted molar refractivity (Wildman–Crippen MR) is 96.2 cm³/mol. The van der Waals surface area contributed by atoms with E-state index in [4.69, 9.17) is 14.7 Å². The molecule has 0 aliphatic heterocycles. The highest BCUT2D eigenvalue weighted by Gasteiger charge is 2.07. The molecule has 1 amide bonds. The maximum atomic E-state index is 12.3. The molecular weight excluding hydrogens is 316 g/mol. The number of rotatable bonds is 6. The van der Waals surface area contributed by atoms with Gasteiger partial charge in [0.1, 0.15) is 0 Å². The number of nitrogens with zero attached hydrogens (tertiary/aromatic N) is 2. The molecule has 25 heavy (non-hydrogen) atoms. The lowest BCUT2D eigenvalue weighted by Crippen LogP contribution is -2.24. The van der Waals surface area contributed by atoms with Crippen LogP contribution in [0, 0.1) is 11.3 Å². The van der Waals surface area contributed by atoms with Gasteiger partial charge in [-0.1, -0.05) is 18.2 Å². The molecule has 0 radical (unpaired) electrons. The van der Waals surface area contributed by atoms with E-state index in [0.717, 1.165) is 11.1 Å². The lowest BCUT2D eigenvalue weighted by atomic mass is 10.1. The van der Waals surface area contributed by atoms with Crippen molar-refractivity contribution in [1.29, 1.82) is 5.26 Å². The van der Waals surface area contributed by atoms with Crippen LogP contribution in [0.3, 0.4) is 0 Å². The summed E-state index contributed by atoms with van der Waals surface area (Å²) in [6, 6.07) is 14.7. The minimum atomic E-state index is -0.112. The maximum absolute atomic E-state index is 12.3. The van der Waals surface area contributed by atoms with Crippen molar-refractivity contribution in [2.45, 2.75) is 6.54 Å². The molecule has 0 spiro atoms. The topological polar surface area (TPSA) is 62.6 Å². The summed E-state index contributed by atoms with van der Waals surface area (Å²) in [5, 5.41) is 8.81. The fraction of sp³-hybridized carbons (Fsp3) is 0.200. The van der Waals surface area contributed by atoms with E-state index in [0.29, 0.717) is 23.6 Å². The Kier molecular flexibility index (Phi) is 6.19. The maximum Gasteiger partial charge on any atom is 0.246 e. The second-order valence-electron chi connectivity index (χ2n) is 5.45. The third kappa shape index (κ3) is 4.85. The van der Waals surface area contributed by atoms with Crippen molar-refractivity contribution in [3.63, 3.8) is 0 Å². The third-order valence-electron chi connectivity index (χ3n) is 3.70. The van der Waals surface area contributed by atoms with E-state index < -0.39 is 0 Å². The second-order valence-corrected chi connectivity index (χ2v) is 5.45. The summed E-state index contributed by atoms with van der Waals surface area (Å²) in [6.45, 7) is 0.473. The molecule has 0 aliphatic carbocycles. The monoisotopic (exact) mass is 336 g/mol. The number of benzene rings is 2. The standard InChI is InChI=1S/C20H20N2O3/c1-22(14-17-6-4-16(13-21)5-7-17)20(23)11-9-15-8-10-18(24-2)19(12-15)25-3/h4-12H,14H2,1-3H3/b11-9+. The van der Waals surface area contributed by atoms with Crippen LogP contribution in [0.4, 0.5) is 0 Å². The van der Waals surface area contributed by atoms with Gasteiger partial charge in [0.25, 0.3) is 0 Å². The molecule has 128 valence electrons. The lowest BCUT2D eigenvalue weighted by Gasteiger charge is -2.15. The number of carbonyl (C=O) groups excluding carboxylic acids is 1. The Bertz CT molecular complexity index is 805. The normalized spacial score (nSPS) is 10.3. The number of nitriles is 1. The molecule has 2 rings (SSSR count). The molecule has 5 heteroatoms. The lowest BCUT2D eigenvalue weighted by molar-refractivity contribution is -0.125. The molecule has 0 bridgehead atoms. The van der Waals surface area contributed by atoms with Crippen molar-refractivity contribution in [1.82, 2.24) is 4.90 Å². The Morgan fingerprint density at radius 2 is 1.80 bits per heavy atom. The summed E-state index contributed by atoms with van der Waals surface area (Å²) < 4.78 is 10.4. The van der Waals surface area contributed by atoms with Gasteiger partial charge in [-0.2, -0.15) is 5.26 Å². The Morgan fingerprint density at radius 1 is 1.12 bits per heavy atom. The highest BCUT2D eigenvalue weighted by molar-refractivity contribution is 5.91. The van der Waals surface area contributed by atoms with Gasteiger partial charge in [-0.05, 0) is 41.5 Å². The first-order valence-electron chi connectivity index (χ1n) is 7.71. The molecular formula is C20H20N2O3. The zero-order valence-electron chi connectivity index (χ0n) is 14.5. The molecule has 0 saturated heterocycles. The molecule has 0 unspecified atom stereocenters. The molecule has 0 aliphatic rings. The van der Waals surface area contributed by atoms with E-state index in [-0.39, 0.29) is 5.91 Å². The quantitative estimate of drug-likeness (QED) is 0.760. The Labute approximate surface area is 147 Å². The van der Waals surface area contributed by atoms with Gasteiger partial charge < -0.3 is 14.4 Å². The van der Waals surface area contributed by atoms with Crippen molar-refractivity contribution >= 4 is 12.0 Å². The average molecular weight is 336 g/mol. The Hall–Kier alpha value is -3.26. The molecule has 0 fully saturated rings. The average Bonchev–Trinajstić information content (AvgIpc) is 2.66. The van der Waals surface area contributed by atoms with Crippen molar-refractivity contribution in [3.05, 3.63) is 65.2 Å². The van der Waals surface area contributed by atoms with Crippen LogP contribution in [-0.4, -0.2) is 32.1 Å². The number of hydrogen-bond acceptors (Lipinski definition) is 4. The van der Waals surface area contributed by atoms with E-state index >= 15 is 0 Å². The number of methoxy groups -OCH3 is 2. The van der Waals surface area contributed by atoms with Gasteiger partial charge in [0.2, 0.25) is 5.91 Å². The zero-order chi connectivity index (χ0) is 18.2. The van der Waals surface area contributed by atoms with Gasteiger partial charge in [-0.15, -0.1) is 0 Å². The number of ether oxygens (including phenoxy) is 2. The van der Waals surface area contributed by atoms with E-state index in [1.54, 1.807) is 50.4 Å². The predicted octanol–water partition coefficient (Wildman–Crippen LogP) is 3.25. The largest absolute Gasteiger partial charge is 0.493 e. The number of hydrogen-bond donors (Lipinski definition) is 0. The third-order valence-corrected chi connectivity index (χ3v) is 3.70. The van der Waals surface area contributed by atoms with Gasteiger partial charge in [0, 0.05) is 19.7 Å². The van der Waals surface area contributed by atoms with Crippen molar-refractivity contribution < 1.29 is 14.3 Å². The first kappa shape index (κ1) is 18.1. The first-order valence-corrected chi connectivity index (χ1v) is 7.71. The summed E-state index contributed by atoms with van der Waals surface area (Å²) in [5.74, 6) is 1.14. The smallest absolute Gasteiger partial charge is 0.246 e. The fourth-order valence-corrected chi connectivity index (χ4v) is 2.29. The van der Waals surface area contributed by atoms with Crippen LogP contribution in [0.15, 0.2) is 48.5 Å². The number of amides is 1. The summed E-state index contributed by atoms with van der Waals surface area (Å²) in [6.07, 6.45) is 3.25. The van der Waals surface area contributed by atoms with Crippen LogP contribution in [0.1, 0.15) is 16.7 Å². The summed E-state index contributed by atoms with van der Waals surface area (Å²) in [4.78, 5) is 13.9. The number of carbonyl (C=O) groups is 1. The van der Waals surface area contributed by atoms with Crippen LogP contribution in [0.25, 0.3) is 6.08 Å². The zero-order valence-corrected chi connectivity index (χ0v) is 14.5. The SMILES string of the molecule is COc1ccc(/C=C/C(=O)N(C)Cc2ccc(C#N)cc2)cc1OC. The van der Waals surface area contributed by atoms with Crippen LogP contribution in [0.2, 0.25) is 0 Å². The fourth-order valence-electron chi connectivity index (χ4n) is 2.29. The summed E-state index contributed by atoms with van der Waals surface area (Å²) in [7, 11) is 4.89. The van der Waals surface area contributed by atoms with Gasteiger partial charge in [-0.25, -0.2) is 0 Å². The van der Waals surface area contributed by atoms with Gasteiger partial charge in [0.15, 0.2) is 11.5 Å². The van der Waals surface area contributed by atoms with E-state index in [2.05, 4.69) is 6.07 Å². The first-order chi connectivity index (χ1) is 12.1. The summed E-state index contributed by atoms with van der Waals surface area (Å²) >= 11 is 0. The van der Waals surface area contributed by atoms with E-state index in [9.17, 15) is 4.79 Å². The minimum Gasteiger partial charge on any atom is -0.493 e. The molecule has 0 heterocycles. The van der Waals surface area contributed by atoms with Crippen LogP contribution < -0.4 is 9.47 Å². The Morgan fingerprint density at radius 3 is 2.40 bits per heavy atom. The molecule has 2 aromatic carbocycles. The van der Waals surface area contributed by atoms with Crippen LogP contribution in [-0.2, 0) is 11.3 Å². The summed E-state index contributed by atoms with van der Waals surface area (Å²) in [5.41, 5.74) is 2.42. The van der Waals surface area contributed by atoms with Gasteiger partial charge in [-0.3, -0.25) is 4.79 Å². The van der Waals surface area contributed by atoms with Crippen molar-refractivity contribution in [3.8, 4) is 17.6 Å². The van der Waals surface area contributed by atoms with E-state index in [1.807, 2.05) is 24.3 Å². The van der Waals surface area contributed by atoms with Crippen molar-refractivity contribution in [2.24, 2.45) is 0 Å². The molecule has 5 nitrogen and oxygen atoms in total. The molecule has 0 atom stereocenters. The van der Waals surface area contributed by atoms with Gasteiger partial charge in [0.05, 0.1) is 25.9 Å². The van der Waals surface area contributed by atoms with Crippen LogP contribution in [0.5, 0.6) is 11.5 Å². The number of likely N-dealkylation sites (N-methyl/N-ethyl adjacent to an activating group) is 1. The second kappa shape index (κ2) is 8.55. The Balaban J connectivity index is 2.02. The molecule has 0 aromatic heterocycles. The van der Waals surface area contributed by atoms with Crippen molar-refractivity contribution in [2.75, 3.05) is 21.3 Å². The van der Waals surface area contributed by atoms with Gasteiger partial charge >= 0.3 is 0 Å². The molecule has 2 aromatic rings. The highest BCUT2D eigenvalue weighted by atomic mass is 16.5. The minimum absolute atomic E-state index is 0.112.